The highest BCUT2D eigenvalue weighted by atomic mass is 16.4. The van der Waals surface area contributed by atoms with Crippen molar-refractivity contribution in [2.75, 3.05) is 19.7 Å². The summed E-state index contributed by atoms with van der Waals surface area (Å²) in [7, 11) is 0. The summed E-state index contributed by atoms with van der Waals surface area (Å²) < 4.78 is 0. The Bertz CT molecular complexity index is 346. The van der Waals surface area contributed by atoms with Crippen LogP contribution in [-0.2, 0) is 4.79 Å². The zero-order chi connectivity index (χ0) is 15.3. The fourth-order valence-corrected chi connectivity index (χ4v) is 2.72. The van der Waals surface area contributed by atoms with E-state index in [1.165, 1.54) is 9.80 Å². The quantitative estimate of drug-likeness (QED) is 0.800. The number of carbonyl (C=O) groups excluding carboxylic acids is 1. The Balaban J connectivity index is 2.85. The third-order valence-electron chi connectivity index (χ3n) is 4.03. The number of amides is 2. The number of rotatable bonds is 5. The number of carboxylic acids is 1. The molecule has 116 valence electrons. The minimum Gasteiger partial charge on any atom is -0.480 e. The highest BCUT2D eigenvalue weighted by Crippen LogP contribution is 2.26. The molecule has 0 aromatic rings. The summed E-state index contributed by atoms with van der Waals surface area (Å²) in [5, 5.41) is 18.4. The molecule has 2 unspecified atom stereocenters. The van der Waals surface area contributed by atoms with E-state index in [0.29, 0.717) is 18.9 Å². The van der Waals surface area contributed by atoms with Gasteiger partial charge in [0.15, 0.2) is 0 Å². The molecule has 0 bridgehead atoms. The second kappa shape index (κ2) is 7.47. The molecule has 0 aromatic heterocycles. The van der Waals surface area contributed by atoms with Gasteiger partial charge in [0.05, 0.1) is 6.61 Å². The standard InChI is InChI=1S/C14H26N2O4/c1-4-11-5-6-16(12(9-11)13(18)19)14(20)15(7-8-17)10(2)3/h10-12,17H,4-9H2,1-3H3,(H,18,19). The van der Waals surface area contributed by atoms with Crippen molar-refractivity contribution in [1.82, 2.24) is 9.80 Å². The highest BCUT2D eigenvalue weighted by Gasteiger charge is 2.37. The van der Waals surface area contributed by atoms with Crippen LogP contribution in [0.25, 0.3) is 0 Å². The van der Waals surface area contributed by atoms with Gasteiger partial charge in [-0.2, -0.15) is 0 Å². The van der Waals surface area contributed by atoms with Crippen LogP contribution in [0.1, 0.15) is 40.0 Å². The van der Waals surface area contributed by atoms with Crippen LogP contribution >= 0.6 is 0 Å². The molecule has 0 radical (unpaired) electrons. The van der Waals surface area contributed by atoms with E-state index in [1.54, 1.807) is 0 Å². The lowest BCUT2D eigenvalue weighted by molar-refractivity contribution is -0.144. The van der Waals surface area contributed by atoms with E-state index in [9.17, 15) is 14.7 Å². The lowest BCUT2D eigenvalue weighted by Crippen LogP contribution is -2.56. The van der Waals surface area contributed by atoms with Crippen LogP contribution in [0.5, 0.6) is 0 Å². The van der Waals surface area contributed by atoms with Gasteiger partial charge in [-0.05, 0) is 32.6 Å². The third kappa shape index (κ3) is 3.85. The molecule has 2 atom stereocenters. The van der Waals surface area contributed by atoms with Gasteiger partial charge in [-0.1, -0.05) is 13.3 Å². The third-order valence-corrected chi connectivity index (χ3v) is 4.03. The first-order valence-corrected chi connectivity index (χ1v) is 7.33. The maximum atomic E-state index is 12.5. The summed E-state index contributed by atoms with van der Waals surface area (Å²) >= 11 is 0. The van der Waals surface area contributed by atoms with Crippen molar-refractivity contribution in [3.63, 3.8) is 0 Å². The number of nitrogens with zero attached hydrogens (tertiary/aromatic N) is 2. The molecule has 6 nitrogen and oxygen atoms in total. The van der Waals surface area contributed by atoms with Gasteiger partial charge in [0.1, 0.15) is 6.04 Å². The molecule has 1 heterocycles. The van der Waals surface area contributed by atoms with Gasteiger partial charge < -0.3 is 20.0 Å². The monoisotopic (exact) mass is 286 g/mol. The zero-order valence-electron chi connectivity index (χ0n) is 12.6. The van der Waals surface area contributed by atoms with Gasteiger partial charge in [0.2, 0.25) is 0 Å². The van der Waals surface area contributed by atoms with Crippen LogP contribution in [0.15, 0.2) is 0 Å². The Hall–Kier alpha value is -1.30. The minimum atomic E-state index is -0.941. The van der Waals surface area contributed by atoms with E-state index in [-0.39, 0.29) is 25.2 Å². The molecule has 6 heteroatoms. The fraction of sp³-hybridized carbons (Fsp3) is 0.857. The van der Waals surface area contributed by atoms with E-state index < -0.39 is 12.0 Å². The van der Waals surface area contributed by atoms with Gasteiger partial charge in [-0.3, -0.25) is 0 Å². The predicted octanol–water partition coefficient (Wildman–Crippen LogP) is 1.38. The summed E-state index contributed by atoms with van der Waals surface area (Å²) in [6.45, 7) is 6.37. The lowest BCUT2D eigenvalue weighted by atomic mass is 9.89. The predicted molar refractivity (Wildman–Crippen MR) is 75.5 cm³/mol. The number of hydrogen-bond acceptors (Lipinski definition) is 3. The molecular weight excluding hydrogens is 260 g/mol. The van der Waals surface area contributed by atoms with Gasteiger partial charge in [0, 0.05) is 19.1 Å². The van der Waals surface area contributed by atoms with Gasteiger partial charge in [-0.25, -0.2) is 9.59 Å². The molecule has 1 saturated heterocycles. The van der Waals surface area contributed by atoms with E-state index >= 15 is 0 Å². The molecule has 1 fully saturated rings. The Morgan fingerprint density at radius 1 is 1.40 bits per heavy atom. The largest absolute Gasteiger partial charge is 0.480 e. The van der Waals surface area contributed by atoms with Gasteiger partial charge >= 0.3 is 12.0 Å². The second-order valence-corrected chi connectivity index (χ2v) is 5.64. The summed E-state index contributed by atoms with van der Waals surface area (Å²) in [6, 6.07) is -1.09. The number of urea groups is 1. The first kappa shape index (κ1) is 16.8. The number of aliphatic carboxylic acids is 1. The number of hydrogen-bond donors (Lipinski definition) is 2. The molecule has 1 aliphatic rings. The smallest absolute Gasteiger partial charge is 0.326 e. The number of likely N-dealkylation sites (tertiary alicyclic amines) is 1. The number of carbonyl (C=O) groups is 2. The number of piperidine rings is 1. The average Bonchev–Trinajstić information content (AvgIpc) is 2.42. The normalized spacial score (nSPS) is 22.9. The molecule has 1 aliphatic heterocycles. The molecular formula is C14H26N2O4. The van der Waals surface area contributed by atoms with Gasteiger partial charge in [0.25, 0.3) is 0 Å². The molecule has 0 aliphatic carbocycles. The molecule has 1 rings (SSSR count). The van der Waals surface area contributed by atoms with E-state index in [2.05, 4.69) is 0 Å². The molecule has 0 saturated carbocycles. The van der Waals surface area contributed by atoms with E-state index in [4.69, 9.17) is 5.11 Å². The van der Waals surface area contributed by atoms with Crippen LogP contribution in [0.3, 0.4) is 0 Å². The van der Waals surface area contributed by atoms with E-state index in [1.807, 2.05) is 20.8 Å². The molecule has 2 N–H and O–H groups in total. The lowest BCUT2D eigenvalue weighted by Gasteiger charge is -2.40. The van der Waals surface area contributed by atoms with Crippen LogP contribution in [0.2, 0.25) is 0 Å². The van der Waals surface area contributed by atoms with Crippen molar-refractivity contribution in [3.8, 4) is 0 Å². The molecule has 2 amide bonds. The number of aliphatic hydroxyl groups excluding tert-OH is 1. The second-order valence-electron chi connectivity index (χ2n) is 5.64. The van der Waals surface area contributed by atoms with Crippen molar-refractivity contribution < 1.29 is 19.8 Å². The number of carboxylic acid groups (broad SMARTS) is 1. The van der Waals surface area contributed by atoms with Crippen molar-refractivity contribution in [1.29, 1.82) is 0 Å². The van der Waals surface area contributed by atoms with Gasteiger partial charge in [-0.15, -0.1) is 0 Å². The Kier molecular flexibility index (Phi) is 6.26. The SMILES string of the molecule is CCC1CCN(C(=O)N(CCO)C(C)C)C(C(=O)O)C1. The molecule has 20 heavy (non-hydrogen) atoms. The summed E-state index contributed by atoms with van der Waals surface area (Å²) in [5.41, 5.74) is 0. The van der Waals surface area contributed by atoms with Crippen molar-refractivity contribution in [3.05, 3.63) is 0 Å². The van der Waals surface area contributed by atoms with Crippen molar-refractivity contribution in [2.45, 2.75) is 52.1 Å². The highest BCUT2D eigenvalue weighted by molar-refractivity contribution is 5.83. The fourth-order valence-electron chi connectivity index (χ4n) is 2.72. The maximum absolute atomic E-state index is 12.5. The summed E-state index contributed by atoms with van der Waals surface area (Å²) in [5.74, 6) is -0.574. The number of aliphatic hydroxyl groups is 1. The van der Waals surface area contributed by atoms with E-state index in [0.717, 1.165) is 12.8 Å². The first-order chi connectivity index (χ1) is 9.42. The summed E-state index contributed by atoms with van der Waals surface area (Å²) in [4.78, 5) is 26.9. The average molecular weight is 286 g/mol. The zero-order valence-corrected chi connectivity index (χ0v) is 12.6. The minimum absolute atomic E-state index is 0.0620. The summed E-state index contributed by atoms with van der Waals surface area (Å²) in [6.07, 6.45) is 2.30. The Morgan fingerprint density at radius 2 is 2.05 bits per heavy atom. The van der Waals surface area contributed by atoms with Crippen LogP contribution < -0.4 is 0 Å². The maximum Gasteiger partial charge on any atom is 0.326 e. The Labute approximate surface area is 120 Å². The first-order valence-electron chi connectivity index (χ1n) is 7.33. The topological polar surface area (TPSA) is 81.1 Å². The van der Waals surface area contributed by atoms with Crippen LogP contribution in [0, 0.1) is 5.92 Å². The van der Waals surface area contributed by atoms with Crippen LogP contribution in [-0.4, -0.2) is 63.8 Å². The molecule has 0 spiro atoms. The van der Waals surface area contributed by atoms with Crippen molar-refractivity contribution >= 4 is 12.0 Å². The molecule has 0 aromatic carbocycles. The Morgan fingerprint density at radius 3 is 2.50 bits per heavy atom. The van der Waals surface area contributed by atoms with Crippen molar-refractivity contribution in [2.24, 2.45) is 5.92 Å². The van der Waals surface area contributed by atoms with Crippen LogP contribution in [0.4, 0.5) is 4.79 Å².